The van der Waals surface area contributed by atoms with Crippen molar-refractivity contribution >= 4 is 11.9 Å². The van der Waals surface area contributed by atoms with Gasteiger partial charge in [0.05, 0.1) is 0 Å². The lowest BCUT2D eigenvalue weighted by Crippen LogP contribution is -2.45. The lowest BCUT2D eigenvalue weighted by atomic mass is 9.99. The van der Waals surface area contributed by atoms with Crippen molar-refractivity contribution in [2.75, 3.05) is 0 Å². The number of halogens is 1. The van der Waals surface area contributed by atoms with Gasteiger partial charge in [-0.15, -0.1) is 0 Å². The Kier molecular flexibility index (Phi) is 6.43. The van der Waals surface area contributed by atoms with Crippen LogP contribution < -0.4 is 5.32 Å². The van der Waals surface area contributed by atoms with Crippen LogP contribution in [0.3, 0.4) is 0 Å². The number of aliphatic carboxylic acids is 1. The Morgan fingerprint density at radius 3 is 2.73 bits per heavy atom. The summed E-state index contributed by atoms with van der Waals surface area (Å²) in [5.74, 6) is -1.54. The Labute approximate surface area is 150 Å². The maximum absolute atomic E-state index is 13.6. The predicted octanol–water partition coefficient (Wildman–Crippen LogP) is 2.73. The van der Waals surface area contributed by atoms with Crippen LogP contribution in [0.2, 0.25) is 0 Å². The highest BCUT2D eigenvalue weighted by Crippen LogP contribution is 2.19. The molecule has 1 amide bonds. The van der Waals surface area contributed by atoms with Crippen molar-refractivity contribution in [1.82, 2.24) is 15.5 Å². The average Bonchev–Trinajstić information content (AvgIpc) is 3.08. The van der Waals surface area contributed by atoms with E-state index in [1.54, 1.807) is 26.0 Å². The van der Waals surface area contributed by atoms with Crippen LogP contribution >= 0.6 is 0 Å². The van der Waals surface area contributed by atoms with Gasteiger partial charge in [-0.1, -0.05) is 37.6 Å². The first-order chi connectivity index (χ1) is 12.3. The lowest BCUT2D eigenvalue weighted by Gasteiger charge is -2.19. The highest BCUT2D eigenvalue weighted by molar-refractivity contribution is 5.83. The van der Waals surface area contributed by atoms with E-state index in [9.17, 15) is 19.1 Å². The van der Waals surface area contributed by atoms with Gasteiger partial charge in [0.25, 0.3) is 0 Å². The van der Waals surface area contributed by atoms with Crippen molar-refractivity contribution in [3.8, 4) is 11.4 Å². The SMILES string of the molecule is CCC(C)C(NC(=O)CCc1nc(-c2ccc(C)c(F)c2)no1)C(=O)O. The molecule has 0 saturated carbocycles. The molecule has 0 aliphatic carbocycles. The van der Waals surface area contributed by atoms with Crippen LogP contribution in [0.15, 0.2) is 22.7 Å². The molecule has 7 nitrogen and oxygen atoms in total. The van der Waals surface area contributed by atoms with E-state index in [1.807, 2.05) is 6.92 Å². The molecule has 0 saturated heterocycles. The van der Waals surface area contributed by atoms with Gasteiger partial charge in [0.1, 0.15) is 11.9 Å². The summed E-state index contributed by atoms with van der Waals surface area (Å²) >= 11 is 0. The van der Waals surface area contributed by atoms with Crippen LogP contribution in [0.1, 0.15) is 38.1 Å². The summed E-state index contributed by atoms with van der Waals surface area (Å²) in [6.45, 7) is 5.29. The zero-order chi connectivity index (χ0) is 19.3. The van der Waals surface area contributed by atoms with Gasteiger partial charge >= 0.3 is 5.97 Å². The molecule has 2 rings (SSSR count). The number of amides is 1. The summed E-state index contributed by atoms with van der Waals surface area (Å²) < 4.78 is 18.7. The number of rotatable bonds is 8. The van der Waals surface area contributed by atoms with Crippen LogP contribution in [0.4, 0.5) is 4.39 Å². The second kappa shape index (κ2) is 8.55. The number of carbonyl (C=O) groups excluding carboxylic acids is 1. The number of carboxylic acid groups (broad SMARTS) is 1. The van der Waals surface area contributed by atoms with E-state index in [2.05, 4.69) is 15.5 Å². The van der Waals surface area contributed by atoms with Gasteiger partial charge in [-0.3, -0.25) is 4.79 Å². The van der Waals surface area contributed by atoms with E-state index in [0.717, 1.165) is 0 Å². The van der Waals surface area contributed by atoms with E-state index >= 15 is 0 Å². The summed E-state index contributed by atoms with van der Waals surface area (Å²) in [5, 5.41) is 15.5. The quantitative estimate of drug-likeness (QED) is 0.747. The molecule has 2 aromatic rings. The molecule has 0 radical (unpaired) electrons. The molecule has 2 atom stereocenters. The van der Waals surface area contributed by atoms with Gasteiger partial charge in [-0.05, 0) is 24.5 Å². The van der Waals surface area contributed by atoms with Gasteiger partial charge in [-0.25, -0.2) is 9.18 Å². The second-order valence-electron chi connectivity index (χ2n) is 6.24. The van der Waals surface area contributed by atoms with Crippen molar-refractivity contribution in [2.24, 2.45) is 5.92 Å². The molecular formula is C18H22FN3O4. The third kappa shape index (κ3) is 4.87. The van der Waals surface area contributed by atoms with Crippen LogP contribution in [0.25, 0.3) is 11.4 Å². The summed E-state index contributed by atoms with van der Waals surface area (Å²) in [6.07, 6.45) is 0.821. The Morgan fingerprint density at radius 1 is 1.38 bits per heavy atom. The van der Waals surface area contributed by atoms with Crippen molar-refractivity contribution in [3.05, 3.63) is 35.5 Å². The summed E-state index contributed by atoms with van der Waals surface area (Å²) in [4.78, 5) is 27.4. The monoisotopic (exact) mass is 363 g/mol. The number of aryl methyl sites for hydroxylation is 2. The van der Waals surface area contributed by atoms with Gasteiger partial charge in [0.15, 0.2) is 0 Å². The molecule has 2 unspecified atom stereocenters. The molecule has 2 N–H and O–H groups in total. The van der Waals surface area contributed by atoms with Gasteiger partial charge < -0.3 is 14.9 Å². The topological polar surface area (TPSA) is 105 Å². The minimum absolute atomic E-state index is 0.0180. The van der Waals surface area contributed by atoms with E-state index in [4.69, 9.17) is 4.52 Å². The number of carboxylic acids is 1. The minimum Gasteiger partial charge on any atom is -0.480 e. The number of hydrogen-bond acceptors (Lipinski definition) is 5. The van der Waals surface area contributed by atoms with Crippen molar-refractivity contribution in [2.45, 2.75) is 46.1 Å². The molecule has 0 bridgehead atoms. The largest absolute Gasteiger partial charge is 0.480 e. The maximum Gasteiger partial charge on any atom is 0.326 e. The number of nitrogens with one attached hydrogen (secondary N) is 1. The predicted molar refractivity (Wildman–Crippen MR) is 91.8 cm³/mol. The molecule has 1 aromatic heterocycles. The first-order valence-electron chi connectivity index (χ1n) is 8.43. The molecular weight excluding hydrogens is 341 g/mol. The summed E-state index contributed by atoms with van der Waals surface area (Å²) in [7, 11) is 0. The molecule has 1 aromatic carbocycles. The number of aromatic nitrogens is 2. The molecule has 8 heteroatoms. The number of hydrogen-bond donors (Lipinski definition) is 2. The zero-order valence-electron chi connectivity index (χ0n) is 15.0. The standard InChI is InChI=1S/C18H22FN3O4/c1-4-10(2)16(18(24)25)20-14(23)7-8-15-21-17(22-26-15)12-6-5-11(3)13(19)9-12/h5-6,9-10,16H,4,7-8H2,1-3H3,(H,20,23)(H,24,25). The molecule has 0 fully saturated rings. The first-order valence-corrected chi connectivity index (χ1v) is 8.43. The van der Waals surface area contributed by atoms with Crippen molar-refractivity contribution in [1.29, 1.82) is 0 Å². The molecule has 0 aliphatic heterocycles. The van der Waals surface area contributed by atoms with Crippen LogP contribution in [-0.2, 0) is 16.0 Å². The minimum atomic E-state index is -1.06. The highest BCUT2D eigenvalue weighted by atomic mass is 19.1. The number of nitrogens with zero attached hydrogens (tertiary/aromatic N) is 2. The zero-order valence-corrected chi connectivity index (χ0v) is 15.0. The fourth-order valence-corrected chi connectivity index (χ4v) is 2.35. The number of carbonyl (C=O) groups is 2. The summed E-state index contributed by atoms with van der Waals surface area (Å²) in [5.41, 5.74) is 0.999. The Hall–Kier alpha value is -2.77. The molecule has 0 spiro atoms. The van der Waals surface area contributed by atoms with Crippen LogP contribution in [0.5, 0.6) is 0 Å². The van der Waals surface area contributed by atoms with Gasteiger partial charge in [0.2, 0.25) is 17.6 Å². The Bertz CT molecular complexity index is 790. The van der Waals surface area contributed by atoms with Crippen molar-refractivity contribution < 1.29 is 23.6 Å². The van der Waals surface area contributed by atoms with Crippen LogP contribution in [-0.4, -0.2) is 33.2 Å². The Morgan fingerprint density at radius 2 is 2.12 bits per heavy atom. The maximum atomic E-state index is 13.6. The Balaban J connectivity index is 1.95. The van der Waals surface area contributed by atoms with E-state index in [0.29, 0.717) is 17.5 Å². The third-order valence-electron chi connectivity index (χ3n) is 4.26. The van der Waals surface area contributed by atoms with E-state index in [-0.39, 0.29) is 36.3 Å². The fourth-order valence-electron chi connectivity index (χ4n) is 2.35. The lowest BCUT2D eigenvalue weighted by molar-refractivity contribution is -0.143. The second-order valence-corrected chi connectivity index (χ2v) is 6.24. The molecule has 26 heavy (non-hydrogen) atoms. The van der Waals surface area contributed by atoms with Gasteiger partial charge in [0, 0.05) is 18.4 Å². The first kappa shape index (κ1) is 19.6. The molecule has 1 heterocycles. The van der Waals surface area contributed by atoms with Crippen LogP contribution in [0, 0.1) is 18.7 Å². The number of benzene rings is 1. The fraction of sp³-hybridized carbons (Fsp3) is 0.444. The molecule has 0 aliphatic rings. The highest BCUT2D eigenvalue weighted by Gasteiger charge is 2.25. The molecule has 140 valence electrons. The smallest absolute Gasteiger partial charge is 0.326 e. The van der Waals surface area contributed by atoms with Gasteiger partial charge in [-0.2, -0.15) is 4.98 Å². The van der Waals surface area contributed by atoms with Crippen molar-refractivity contribution in [3.63, 3.8) is 0 Å². The average molecular weight is 363 g/mol. The normalized spacial score (nSPS) is 13.2. The van der Waals surface area contributed by atoms with E-state index < -0.39 is 17.9 Å². The van der Waals surface area contributed by atoms with E-state index in [1.165, 1.54) is 6.07 Å². The third-order valence-corrected chi connectivity index (χ3v) is 4.26. The summed E-state index contributed by atoms with van der Waals surface area (Å²) in [6, 6.07) is 3.69.